The number of hydrogen-bond acceptors (Lipinski definition) is 12. The van der Waals surface area contributed by atoms with Gasteiger partial charge in [0.1, 0.15) is 31.4 Å². The summed E-state index contributed by atoms with van der Waals surface area (Å²) in [4.78, 5) is 24.2. The second-order valence-electron chi connectivity index (χ2n) is 11.9. The van der Waals surface area contributed by atoms with Crippen LogP contribution in [0.5, 0.6) is 11.5 Å². The van der Waals surface area contributed by atoms with Gasteiger partial charge in [-0.25, -0.2) is 25.8 Å². The predicted molar refractivity (Wildman–Crippen MR) is 182 cm³/mol. The van der Waals surface area contributed by atoms with Crippen LogP contribution in [0.3, 0.4) is 0 Å². The molecule has 12 heteroatoms. The van der Waals surface area contributed by atoms with Crippen molar-refractivity contribution in [2.75, 3.05) is 44.9 Å². The van der Waals surface area contributed by atoms with Gasteiger partial charge in [-0.05, 0) is 106 Å². The summed E-state index contributed by atoms with van der Waals surface area (Å²) >= 11 is 3.18. The Morgan fingerprint density at radius 1 is 0.978 bits per heavy atom. The number of aromatic nitrogens is 4. The number of methoxy groups -OCH3 is 1. The minimum Gasteiger partial charge on any atom is -0.493 e. The first-order chi connectivity index (χ1) is 22.1. The molecule has 2 fully saturated rings. The standard InChI is InChI=1S/C33H40N8O2S2/c1-3-17-43-28-18-21(6-7-27(28)42-2)20-40-15-10-22(11-16-40)24-19-26-31(45-33(38-26)41(34)23-8-13-35-14-9-23)39-29(24)32-37-25-5-4-12-36-30(25)44-32/h4-7,12,18-19,22-23,35H,3,8-11,13-17,20,34H2,1-2H3. The Morgan fingerprint density at radius 2 is 1.82 bits per heavy atom. The maximum Gasteiger partial charge on any atom is 0.202 e. The Kier molecular flexibility index (Phi) is 9.08. The van der Waals surface area contributed by atoms with Crippen LogP contribution in [0.25, 0.3) is 31.4 Å². The van der Waals surface area contributed by atoms with E-state index in [1.807, 2.05) is 29.4 Å². The van der Waals surface area contributed by atoms with E-state index in [9.17, 15) is 0 Å². The van der Waals surface area contributed by atoms with Crippen molar-refractivity contribution in [2.24, 2.45) is 5.84 Å². The molecular weight excluding hydrogens is 605 g/mol. The number of nitrogens with two attached hydrogens (primary N) is 1. The summed E-state index contributed by atoms with van der Waals surface area (Å²) in [6.07, 6.45) is 6.88. The van der Waals surface area contributed by atoms with Crippen molar-refractivity contribution >= 4 is 48.5 Å². The SMILES string of the molecule is CCCOc1cc(CN2CCC(c3cc4nc(N(N)C5CCNCC5)sc4nc3-c3nc4cccnc4s3)CC2)ccc1OC. The molecule has 0 radical (unpaired) electrons. The van der Waals surface area contributed by atoms with Gasteiger partial charge in [0.25, 0.3) is 0 Å². The molecule has 0 amide bonds. The van der Waals surface area contributed by atoms with Crippen molar-refractivity contribution in [3.8, 4) is 22.2 Å². The molecule has 0 atom stereocenters. The molecule has 4 aromatic heterocycles. The first-order valence-electron chi connectivity index (χ1n) is 15.9. The summed E-state index contributed by atoms with van der Waals surface area (Å²) in [5.74, 6) is 8.59. The van der Waals surface area contributed by atoms with Gasteiger partial charge in [-0.15, -0.1) is 0 Å². The molecule has 0 aliphatic carbocycles. The molecule has 1 aromatic carbocycles. The van der Waals surface area contributed by atoms with Gasteiger partial charge in [0.05, 0.1) is 13.7 Å². The number of hydrazine groups is 1. The van der Waals surface area contributed by atoms with Crippen LogP contribution in [0.15, 0.2) is 42.6 Å². The normalized spacial score (nSPS) is 16.9. The van der Waals surface area contributed by atoms with Gasteiger partial charge >= 0.3 is 0 Å². The Bertz CT molecular complexity index is 1730. The number of anilines is 1. The largest absolute Gasteiger partial charge is 0.493 e. The minimum atomic E-state index is 0.283. The smallest absolute Gasteiger partial charge is 0.202 e. The molecule has 0 saturated carbocycles. The first-order valence-corrected chi connectivity index (χ1v) is 17.5. The van der Waals surface area contributed by atoms with Gasteiger partial charge in [0.15, 0.2) is 11.5 Å². The number of nitrogens with zero attached hydrogens (tertiary/aromatic N) is 6. The van der Waals surface area contributed by atoms with E-state index in [1.54, 1.807) is 29.8 Å². The number of ether oxygens (including phenoxy) is 2. The zero-order valence-corrected chi connectivity index (χ0v) is 27.5. The van der Waals surface area contributed by atoms with E-state index in [0.29, 0.717) is 12.5 Å². The predicted octanol–water partition coefficient (Wildman–Crippen LogP) is 5.97. The molecule has 0 spiro atoms. The highest BCUT2D eigenvalue weighted by Crippen LogP contribution is 2.41. The Hall–Kier alpha value is -3.42. The number of fused-ring (bicyclic) bond motifs is 2. The van der Waals surface area contributed by atoms with Crippen LogP contribution in [0.2, 0.25) is 0 Å². The number of likely N-dealkylation sites (tertiary alicyclic amines) is 1. The van der Waals surface area contributed by atoms with Gasteiger partial charge in [-0.2, -0.15) is 0 Å². The highest BCUT2D eigenvalue weighted by Gasteiger charge is 2.28. The maximum atomic E-state index is 6.63. The van der Waals surface area contributed by atoms with E-state index < -0.39 is 0 Å². The summed E-state index contributed by atoms with van der Waals surface area (Å²) < 4.78 is 11.5. The van der Waals surface area contributed by atoms with Crippen LogP contribution >= 0.6 is 22.7 Å². The molecule has 45 heavy (non-hydrogen) atoms. The zero-order chi connectivity index (χ0) is 30.8. The van der Waals surface area contributed by atoms with Crippen molar-refractivity contribution < 1.29 is 9.47 Å². The molecule has 0 unspecified atom stereocenters. The number of nitrogens with one attached hydrogen (secondary N) is 1. The molecule has 2 saturated heterocycles. The van der Waals surface area contributed by atoms with Crippen molar-refractivity contribution in [3.05, 3.63) is 53.7 Å². The van der Waals surface area contributed by atoms with Crippen molar-refractivity contribution in [3.63, 3.8) is 0 Å². The number of pyridine rings is 2. The van der Waals surface area contributed by atoms with Crippen molar-refractivity contribution in [1.29, 1.82) is 0 Å². The van der Waals surface area contributed by atoms with Gasteiger partial charge in [0, 0.05) is 18.8 Å². The second kappa shape index (κ2) is 13.5. The summed E-state index contributed by atoms with van der Waals surface area (Å²) in [6.45, 7) is 7.62. The lowest BCUT2D eigenvalue weighted by Crippen LogP contribution is -2.47. The topological polar surface area (TPSA) is 115 Å². The molecule has 6 heterocycles. The second-order valence-corrected chi connectivity index (χ2v) is 13.8. The zero-order valence-electron chi connectivity index (χ0n) is 25.9. The molecule has 236 valence electrons. The third-order valence-electron chi connectivity index (χ3n) is 8.82. The van der Waals surface area contributed by atoms with Gasteiger partial charge in [-0.3, -0.25) is 9.91 Å². The molecule has 7 rings (SSSR count). The highest BCUT2D eigenvalue weighted by molar-refractivity contribution is 7.22. The fraction of sp³-hybridized carbons (Fsp3) is 0.455. The molecular formula is C33H40N8O2S2. The summed E-state index contributed by atoms with van der Waals surface area (Å²) in [5, 5.41) is 7.03. The molecule has 0 bridgehead atoms. The summed E-state index contributed by atoms with van der Waals surface area (Å²) in [7, 11) is 1.69. The van der Waals surface area contributed by atoms with E-state index in [-0.39, 0.29) is 6.04 Å². The number of rotatable bonds is 10. The lowest BCUT2D eigenvalue weighted by molar-refractivity contribution is 0.204. The van der Waals surface area contributed by atoms with Crippen LogP contribution in [0, 0.1) is 0 Å². The van der Waals surface area contributed by atoms with Crippen LogP contribution < -0.4 is 25.6 Å². The molecule has 5 aromatic rings. The Morgan fingerprint density at radius 3 is 2.60 bits per heavy atom. The number of hydrogen-bond donors (Lipinski definition) is 2. The monoisotopic (exact) mass is 644 g/mol. The van der Waals surface area contributed by atoms with Crippen LogP contribution in [-0.4, -0.2) is 70.8 Å². The van der Waals surface area contributed by atoms with E-state index in [0.717, 1.165) is 113 Å². The van der Waals surface area contributed by atoms with Crippen molar-refractivity contribution in [2.45, 2.75) is 57.5 Å². The lowest BCUT2D eigenvalue weighted by atomic mass is 9.88. The van der Waals surface area contributed by atoms with E-state index in [1.165, 1.54) is 11.1 Å². The van der Waals surface area contributed by atoms with Crippen LogP contribution in [0.1, 0.15) is 56.1 Å². The fourth-order valence-electron chi connectivity index (χ4n) is 6.38. The summed E-state index contributed by atoms with van der Waals surface area (Å²) in [5.41, 5.74) is 5.24. The third kappa shape index (κ3) is 6.48. The number of benzene rings is 1. The van der Waals surface area contributed by atoms with Crippen LogP contribution in [0.4, 0.5) is 5.13 Å². The Labute approximate surface area is 271 Å². The quantitative estimate of drug-likeness (QED) is 0.139. The molecule has 3 N–H and O–H groups in total. The first kappa shape index (κ1) is 30.2. The average molecular weight is 645 g/mol. The van der Waals surface area contributed by atoms with E-state index >= 15 is 0 Å². The van der Waals surface area contributed by atoms with Crippen molar-refractivity contribution in [1.82, 2.24) is 30.2 Å². The minimum absolute atomic E-state index is 0.283. The van der Waals surface area contributed by atoms with Gasteiger partial charge in [0.2, 0.25) is 5.13 Å². The number of piperidine rings is 2. The lowest BCUT2D eigenvalue weighted by Gasteiger charge is -2.32. The maximum absolute atomic E-state index is 6.63. The van der Waals surface area contributed by atoms with Gasteiger partial charge < -0.3 is 14.8 Å². The van der Waals surface area contributed by atoms with E-state index in [4.69, 9.17) is 30.3 Å². The third-order valence-corrected chi connectivity index (χ3v) is 10.8. The van der Waals surface area contributed by atoms with Gasteiger partial charge in [-0.1, -0.05) is 35.7 Å². The molecule has 2 aliphatic rings. The average Bonchev–Trinajstić information content (AvgIpc) is 3.71. The molecule has 10 nitrogen and oxygen atoms in total. The highest BCUT2D eigenvalue weighted by atomic mass is 32.1. The molecule has 2 aliphatic heterocycles. The number of thiazole rings is 2. The van der Waals surface area contributed by atoms with E-state index in [2.05, 4.69) is 40.3 Å². The van der Waals surface area contributed by atoms with Crippen LogP contribution in [-0.2, 0) is 6.54 Å². The fourth-order valence-corrected chi connectivity index (χ4v) is 8.21. The Balaban J connectivity index is 1.15. The summed E-state index contributed by atoms with van der Waals surface area (Å²) in [6, 6.07) is 12.8.